The van der Waals surface area contributed by atoms with Crippen molar-refractivity contribution in [1.82, 2.24) is 10.2 Å². The van der Waals surface area contributed by atoms with Crippen LogP contribution in [0.4, 0.5) is 5.82 Å². The van der Waals surface area contributed by atoms with Gasteiger partial charge >= 0.3 is 0 Å². The van der Waals surface area contributed by atoms with Crippen LogP contribution in [0.15, 0.2) is 12.1 Å². The van der Waals surface area contributed by atoms with E-state index in [9.17, 15) is 8.42 Å². The van der Waals surface area contributed by atoms with Crippen molar-refractivity contribution in [3.8, 4) is 0 Å². The molecule has 1 aromatic rings. The Morgan fingerprint density at radius 3 is 2.57 bits per heavy atom. The van der Waals surface area contributed by atoms with Crippen molar-refractivity contribution < 1.29 is 8.42 Å². The van der Waals surface area contributed by atoms with Gasteiger partial charge in [0.25, 0.3) is 0 Å². The molecular weight excluding hydrogens is 202 g/mol. The maximum Gasteiger partial charge on any atom is 0.149 e. The number of sulfone groups is 1. The molecule has 14 heavy (non-hydrogen) atoms. The summed E-state index contributed by atoms with van der Waals surface area (Å²) in [5, 5.41) is 10.5. The first kappa shape index (κ1) is 10.9. The first-order valence-electron chi connectivity index (χ1n) is 4.19. The Kier molecular flexibility index (Phi) is 3.40. The fourth-order valence-electron chi connectivity index (χ4n) is 0.858. The Balaban J connectivity index is 2.43. The van der Waals surface area contributed by atoms with Crippen molar-refractivity contribution in [2.75, 3.05) is 23.9 Å². The van der Waals surface area contributed by atoms with Gasteiger partial charge < -0.3 is 5.32 Å². The normalized spacial score (nSPS) is 11.3. The van der Waals surface area contributed by atoms with Gasteiger partial charge in [0, 0.05) is 12.8 Å². The summed E-state index contributed by atoms with van der Waals surface area (Å²) in [5.41, 5.74) is 0.832. The monoisotopic (exact) mass is 215 g/mol. The highest BCUT2D eigenvalue weighted by Crippen LogP contribution is 2.00. The Hall–Kier alpha value is -1.17. The lowest BCUT2D eigenvalue weighted by Gasteiger charge is -2.03. The van der Waals surface area contributed by atoms with Gasteiger partial charge in [0.05, 0.1) is 11.4 Å². The van der Waals surface area contributed by atoms with E-state index >= 15 is 0 Å². The zero-order valence-corrected chi connectivity index (χ0v) is 9.00. The predicted molar refractivity (Wildman–Crippen MR) is 55.0 cm³/mol. The van der Waals surface area contributed by atoms with E-state index in [1.807, 2.05) is 13.0 Å². The molecule has 0 saturated heterocycles. The van der Waals surface area contributed by atoms with E-state index < -0.39 is 9.84 Å². The number of anilines is 1. The molecule has 0 amide bonds. The second-order valence-electron chi connectivity index (χ2n) is 3.12. The first-order chi connectivity index (χ1) is 6.47. The number of hydrogen-bond donors (Lipinski definition) is 1. The second-order valence-corrected chi connectivity index (χ2v) is 5.38. The van der Waals surface area contributed by atoms with Crippen molar-refractivity contribution >= 4 is 15.7 Å². The third-order valence-electron chi connectivity index (χ3n) is 1.58. The molecule has 0 bridgehead atoms. The smallest absolute Gasteiger partial charge is 0.149 e. The Bertz CT molecular complexity index is 386. The van der Waals surface area contributed by atoms with Crippen LogP contribution in [0.1, 0.15) is 5.69 Å². The molecule has 0 unspecified atom stereocenters. The molecule has 0 aliphatic carbocycles. The van der Waals surface area contributed by atoms with Gasteiger partial charge in [-0.05, 0) is 19.1 Å². The second kappa shape index (κ2) is 4.36. The number of aryl methyl sites for hydroxylation is 1. The lowest BCUT2D eigenvalue weighted by molar-refractivity contribution is 0.602. The zero-order chi connectivity index (χ0) is 10.6. The van der Waals surface area contributed by atoms with Crippen LogP contribution in [0.3, 0.4) is 0 Å². The van der Waals surface area contributed by atoms with E-state index in [0.717, 1.165) is 5.69 Å². The van der Waals surface area contributed by atoms with Gasteiger partial charge in [-0.25, -0.2) is 8.42 Å². The lowest BCUT2D eigenvalue weighted by Crippen LogP contribution is -2.14. The van der Waals surface area contributed by atoms with E-state index in [1.165, 1.54) is 6.26 Å². The average Bonchev–Trinajstić information content (AvgIpc) is 2.06. The largest absolute Gasteiger partial charge is 0.368 e. The number of hydrogen-bond acceptors (Lipinski definition) is 5. The van der Waals surface area contributed by atoms with Crippen LogP contribution in [0.5, 0.6) is 0 Å². The highest BCUT2D eigenvalue weighted by molar-refractivity contribution is 7.90. The highest BCUT2D eigenvalue weighted by Gasteiger charge is 2.01. The Morgan fingerprint density at radius 1 is 1.36 bits per heavy atom. The van der Waals surface area contributed by atoms with E-state index in [4.69, 9.17) is 0 Å². The fraction of sp³-hybridized carbons (Fsp3) is 0.500. The Morgan fingerprint density at radius 2 is 2.07 bits per heavy atom. The molecule has 1 N–H and O–H groups in total. The van der Waals surface area contributed by atoms with Gasteiger partial charge in [0.1, 0.15) is 15.7 Å². The SMILES string of the molecule is Cc1ccc(NCCS(C)(=O)=O)nn1. The summed E-state index contributed by atoms with van der Waals surface area (Å²) in [6.45, 7) is 2.20. The third-order valence-corrected chi connectivity index (χ3v) is 2.52. The average molecular weight is 215 g/mol. The predicted octanol–water partition coefficient (Wildman–Crippen LogP) is 0.242. The number of nitrogens with one attached hydrogen (secondary N) is 1. The van der Waals surface area contributed by atoms with E-state index in [-0.39, 0.29) is 5.75 Å². The van der Waals surface area contributed by atoms with Crippen molar-refractivity contribution in [2.24, 2.45) is 0 Å². The van der Waals surface area contributed by atoms with Crippen molar-refractivity contribution in [2.45, 2.75) is 6.92 Å². The van der Waals surface area contributed by atoms with E-state index in [1.54, 1.807) is 6.07 Å². The minimum absolute atomic E-state index is 0.0998. The molecule has 0 aromatic carbocycles. The van der Waals surface area contributed by atoms with Crippen molar-refractivity contribution in [1.29, 1.82) is 0 Å². The molecule has 1 aromatic heterocycles. The number of nitrogens with zero attached hydrogens (tertiary/aromatic N) is 2. The van der Waals surface area contributed by atoms with Gasteiger partial charge in [-0.2, -0.15) is 5.10 Å². The number of aromatic nitrogens is 2. The molecule has 1 rings (SSSR count). The lowest BCUT2D eigenvalue weighted by atomic mass is 10.4. The molecular formula is C8H13N3O2S. The fourth-order valence-corrected chi connectivity index (χ4v) is 1.33. The molecule has 5 nitrogen and oxygen atoms in total. The first-order valence-corrected chi connectivity index (χ1v) is 6.25. The van der Waals surface area contributed by atoms with Crippen molar-refractivity contribution in [3.63, 3.8) is 0 Å². The molecule has 78 valence electrons. The molecule has 0 aliphatic rings. The van der Waals surface area contributed by atoms with Crippen LogP contribution in [-0.2, 0) is 9.84 Å². The standard InChI is InChI=1S/C8H13N3O2S/c1-7-3-4-8(11-10-7)9-5-6-14(2,12)13/h3-4H,5-6H2,1-2H3,(H,9,11). The number of rotatable bonds is 4. The molecule has 6 heteroatoms. The molecule has 0 atom stereocenters. The Labute approximate surface area is 83.5 Å². The van der Waals surface area contributed by atoms with Crippen LogP contribution in [0, 0.1) is 6.92 Å². The molecule has 0 radical (unpaired) electrons. The van der Waals surface area contributed by atoms with Gasteiger partial charge in [-0.15, -0.1) is 5.10 Å². The van der Waals surface area contributed by atoms with Gasteiger partial charge in [0.2, 0.25) is 0 Å². The van der Waals surface area contributed by atoms with Crippen molar-refractivity contribution in [3.05, 3.63) is 17.8 Å². The van der Waals surface area contributed by atoms with Crippen LogP contribution >= 0.6 is 0 Å². The summed E-state index contributed by atoms with van der Waals surface area (Å²) < 4.78 is 21.6. The quantitative estimate of drug-likeness (QED) is 0.779. The molecule has 1 heterocycles. The van der Waals surface area contributed by atoms with E-state index in [0.29, 0.717) is 12.4 Å². The molecule has 0 aliphatic heterocycles. The van der Waals surface area contributed by atoms with Crippen LogP contribution < -0.4 is 5.32 Å². The zero-order valence-electron chi connectivity index (χ0n) is 8.19. The molecule has 0 fully saturated rings. The summed E-state index contributed by atoms with van der Waals surface area (Å²) in [5.74, 6) is 0.696. The van der Waals surface area contributed by atoms with Gasteiger partial charge in [-0.1, -0.05) is 0 Å². The summed E-state index contributed by atoms with van der Waals surface area (Å²) in [6, 6.07) is 3.58. The molecule has 0 saturated carbocycles. The summed E-state index contributed by atoms with van der Waals surface area (Å²) >= 11 is 0. The van der Waals surface area contributed by atoms with E-state index in [2.05, 4.69) is 15.5 Å². The van der Waals surface area contributed by atoms with Gasteiger partial charge in [0.15, 0.2) is 0 Å². The maximum absolute atomic E-state index is 10.8. The topological polar surface area (TPSA) is 72.0 Å². The maximum atomic E-state index is 10.8. The third kappa shape index (κ3) is 4.18. The minimum Gasteiger partial charge on any atom is -0.368 e. The van der Waals surface area contributed by atoms with Crippen LogP contribution in [0.2, 0.25) is 0 Å². The van der Waals surface area contributed by atoms with Crippen LogP contribution in [-0.4, -0.2) is 37.2 Å². The van der Waals surface area contributed by atoms with Gasteiger partial charge in [-0.3, -0.25) is 0 Å². The summed E-state index contributed by atoms with van der Waals surface area (Å²) in [6.07, 6.45) is 1.20. The summed E-state index contributed by atoms with van der Waals surface area (Å²) in [7, 11) is -2.91. The molecule has 0 spiro atoms. The van der Waals surface area contributed by atoms with Crippen LogP contribution in [0.25, 0.3) is 0 Å². The minimum atomic E-state index is -2.91. The highest BCUT2D eigenvalue weighted by atomic mass is 32.2. The summed E-state index contributed by atoms with van der Waals surface area (Å²) in [4.78, 5) is 0.